The van der Waals surface area contributed by atoms with Gasteiger partial charge in [-0.2, -0.15) is 0 Å². The van der Waals surface area contributed by atoms with Gasteiger partial charge in [0, 0.05) is 50.3 Å². The fourth-order valence-corrected chi connectivity index (χ4v) is 6.48. The van der Waals surface area contributed by atoms with Gasteiger partial charge in [0.1, 0.15) is 0 Å². The fourth-order valence-electron chi connectivity index (χ4n) is 6.48. The molecular weight excluding hydrogens is 414 g/mol. The molecule has 6 heteroatoms. The molecule has 3 N–H and O–H groups in total. The van der Waals surface area contributed by atoms with Crippen molar-refractivity contribution in [1.82, 2.24) is 9.80 Å². The van der Waals surface area contributed by atoms with E-state index >= 15 is 0 Å². The van der Waals surface area contributed by atoms with Gasteiger partial charge in [0.15, 0.2) is 0 Å². The highest BCUT2D eigenvalue weighted by Crippen LogP contribution is 2.43. The maximum Gasteiger partial charge on any atom is 0.248 e. The zero-order valence-electron chi connectivity index (χ0n) is 20.0. The molecule has 3 aliphatic rings. The molecule has 182 valence electrons. The largest absolute Gasteiger partial charge is 0.396 e. The van der Waals surface area contributed by atoms with E-state index in [9.17, 15) is 14.7 Å². The number of carbonyl (C=O) groups excluding carboxylic acids is 2. The van der Waals surface area contributed by atoms with Crippen LogP contribution in [-0.4, -0.2) is 65.0 Å². The van der Waals surface area contributed by atoms with Crippen molar-refractivity contribution in [2.24, 2.45) is 11.7 Å². The van der Waals surface area contributed by atoms with Crippen molar-refractivity contribution >= 4 is 11.8 Å². The van der Waals surface area contributed by atoms with Gasteiger partial charge in [-0.3, -0.25) is 14.5 Å². The fraction of sp³-hybridized carbons (Fsp3) is 0.704. The first-order valence-corrected chi connectivity index (χ1v) is 13.1. The maximum atomic E-state index is 12.9. The second kappa shape index (κ2) is 11.5. The summed E-state index contributed by atoms with van der Waals surface area (Å²) in [6, 6.07) is 8.96. The van der Waals surface area contributed by atoms with E-state index in [1.165, 1.54) is 50.5 Å². The van der Waals surface area contributed by atoms with Crippen LogP contribution in [-0.2, 0) is 4.79 Å². The Hall–Kier alpha value is -1.92. The summed E-state index contributed by atoms with van der Waals surface area (Å²) in [6.45, 7) is 2.71. The van der Waals surface area contributed by atoms with Crippen molar-refractivity contribution in [2.45, 2.75) is 88.6 Å². The summed E-state index contributed by atoms with van der Waals surface area (Å²) < 4.78 is 0. The molecule has 1 aromatic rings. The summed E-state index contributed by atoms with van der Waals surface area (Å²) in [5.74, 6) is 0.959. The van der Waals surface area contributed by atoms with Crippen molar-refractivity contribution in [1.29, 1.82) is 0 Å². The van der Waals surface area contributed by atoms with E-state index in [2.05, 4.69) is 15.9 Å². The van der Waals surface area contributed by atoms with Crippen LogP contribution < -0.4 is 5.73 Å². The summed E-state index contributed by atoms with van der Waals surface area (Å²) in [4.78, 5) is 29.3. The highest BCUT2D eigenvalue weighted by atomic mass is 16.3. The Labute approximate surface area is 198 Å². The van der Waals surface area contributed by atoms with Gasteiger partial charge in [-0.15, -0.1) is 0 Å². The molecule has 6 nitrogen and oxygen atoms in total. The lowest BCUT2D eigenvalue weighted by Gasteiger charge is -2.40. The van der Waals surface area contributed by atoms with Gasteiger partial charge in [0.25, 0.3) is 0 Å². The molecule has 2 heterocycles. The van der Waals surface area contributed by atoms with E-state index in [0.717, 1.165) is 32.5 Å². The van der Waals surface area contributed by atoms with Crippen molar-refractivity contribution in [3.05, 3.63) is 35.4 Å². The third-order valence-corrected chi connectivity index (χ3v) is 8.26. The number of hydrogen-bond acceptors (Lipinski definition) is 4. The van der Waals surface area contributed by atoms with Gasteiger partial charge in [-0.1, -0.05) is 31.4 Å². The van der Waals surface area contributed by atoms with Gasteiger partial charge in [0.05, 0.1) is 0 Å². The molecule has 2 saturated heterocycles. The number of piperidine rings is 1. The molecule has 2 amide bonds. The lowest BCUT2D eigenvalue weighted by atomic mass is 9.84. The molecular formula is C27H41N3O3. The van der Waals surface area contributed by atoms with E-state index in [1.54, 1.807) is 6.07 Å². The standard InChI is InChI=1S/C27H41N3O3/c28-27(33)22-9-4-8-21(16-22)23-17-24-11-12-25(18-23)30(24)14-13-29(26(32)10-5-15-31)19-20-6-2-1-3-7-20/h4,8-9,16,20,23-25,31H,1-3,5-7,10-15,17-19H2,(H2,28,33)/t23?,24-,25+. The van der Waals surface area contributed by atoms with Gasteiger partial charge in [0.2, 0.25) is 11.8 Å². The van der Waals surface area contributed by atoms with E-state index in [-0.39, 0.29) is 18.4 Å². The molecule has 2 bridgehead atoms. The topological polar surface area (TPSA) is 86.9 Å². The van der Waals surface area contributed by atoms with Gasteiger partial charge >= 0.3 is 0 Å². The number of fused-ring (bicyclic) bond motifs is 2. The number of nitrogens with zero attached hydrogens (tertiary/aromatic N) is 2. The highest BCUT2D eigenvalue weighted by molar-refractivity contribution is 5.92. The Morgan fingerprint density at radius 1 is 1.06 bits per heavy atom. The van der Waals surface area contributed by atoms with Crippen LogP contribution in [0.3, 0.4) is 0 Å². The first kappa shape index (κ1) is 24.2. The average Bonchev–Trinajstić information content (AvgIpc) is 3.07. The molecule has 33 heavy (non-hydrogen) atoms. The first-order chi connectivity index (χ1) is 16.0. The number of benzene rings is 1. The minimum absolute atomic E-state index is 0.0810. The monoisotopic (exact) mass is 455 g/mol. The summed E-state index contributed by atoms with van der Waals surface area (Å²) >= 11 is 0. The number of aliphatic hydroxyl groups is 1. The molecule has 1 aromatic carbocycles. The Bertz CT molecular complexity index is 794. The van der Waals surface area contributed by atoms with Crippen molar-refractivity contribution in [2.75, 3.05) is 26.2 Å². The van der Waals surface area contributed by atoms with E-state index in [0.29, 0.717) is 42.3 Å². The van der Waals surface area contributed by atoms with Crippen LogP contribution in [0.5, 0.6) is 0 Å². The zero-order valence-corrected chi connectivity index (χ0v) is 20.0. The third-order valence-electron chi connectivity index (χ3n) is 8.26. The number of primary amides is 1. The highest BCUT2D eigenvalue weighted by Gasteiger charge is 2.41. The molecule has 2 aliphatic heterocycles. The molecule has 4 rings (SSSR count). The Balaban J connectivity index is 1.36. The maximum absolute atomic E-state index is 12.9. The van der Waals surface area contributed by atoms with Gasteiger partial charge < -0.3 is 15.7 Å². The molecule has 1 unspecified atom stereocenters. The second-order valence-corrected chi connectivity index (χ2v) is 10.5. The molecule has 0 radical (unpaired) electrons. The zero-order chi connectivity index (χ0) is 23.2. The number of carbonyl (C=O) groups is 2. The van der Waals surface area contributed by atoms with Crippen LogP contribution in [0.2, 0.25) is 0 Å². The van der Waals surface area contributed by atoms with Crippen molar-refractivity contribution in [3.63, 3.8) is 0 Å². The molecule has 0 spiro atoms. The molecule has 1 saturated carbocycles. The minimum atomic E-state index is -0.360. The Morgan fingerprint density at radius 3 is 2.45 bits per heavy atom. The molecule has 3 fully saturated rings. The van der Waals surface area contributed by atoms with Gasteiger partial charge in [-0.25, -0.2) is 0 Å². The third kappa shape index (κ3) is 6.15. The predicted molar refractivity (Wildman–Crippen MR) is 130 cm³/mol. The number of aliphatic hydroxyl groups excluding tert-OH is 1. The quantitative estimate of drug-likeness (QED) is 0.563. The van der Waals surface area contributed by atoms with E-state index in [1.807, 2.05) is 12.1 Å². The number of nitrogens with two attached hydrogens (primary N) is 1. The van der Waals surface area contributed by atoms with Crippen LogP contribution in [0.4, 0.5) is 0 Å². The molecule has 3 atom stereocenters. The first-order valence-electron chi connectivity index (χ1n) is 13.1. The summed E-state index contributed by atoms with van der Waals surface area (Å²) in [7, 11) is 0. The van der Waals surface area contributed by atoms with Crippen LogP contribution in [0, 0.1) is 5.92 Å². The number of rotatable bonds is 10. The lowest BCUT2D eigenvalue weighted by Crippen LogP contribution is -2.47. The molecule has 1 aliphatic carbocycles. The SMILES string of the molecule is NC(=O)c1cccc(C2C[C@H]3CC[C@@H](C2)N3CCN(CC2CCCCC2)C(=O)CCCO)c1. The van der Waals surface area contributed by atoms with E-state index in [4.69, 9.17) is 5.73 Å². The van der Waals surface area contributed by atoms with Crippen molar-refractivity contribution < 1.29 is 14.7 Å². The van der Waals surface area contributed by atoms with Gasteiger partial charge in [-0.05, 0) is 74.5 Å². The smallest absolute Gasteiger partial charge is 0.248 e. The lowest BCUT2D eigenvalue weighted by molar-refractivity contribution is -0.132. The summed E-state index contributed by atoms with van der Waals surface area (Å²) in [5, 5.41) is 9.19. The summed E-state index contributed by atoms with van der Waals surface area (Å²) in [5.41, 5.74) is 7.33. The van der Waals surface area contributed by atoms with E-state index < -0.39 is 0 Å². The average molecular weight is 456 g/mol. The number of amides is 2. The second-order valence-electron chi connectivity index (χ2n) is 10.5. The predicted octanol–water partition coefficient (Wildman–Crippen LogP) is 3.68. The number of hydrogen-bond donors (Lipinski definition) is 2. The minimum Gasteiger partial charge on any atom is -0.396 e. The molecule has 0 aromatic heterocycles. The van der Waals surface area contributed by atoms with Crippen molar-refractivity contribution in [3.8, 4) is 0 Å². The van der Waals surface area contributed by atoms with Crippen LogP contribution in [0.25, 0.3) is 0 Å². The van der Waals surface area contributed by atoms with Crippen LogP contribution >= 0.6 is 0 Å². The van der Waals surface area contributed by atoms with Crippen LogP contribution in [0.15, 0.2) is 24.3 Å². The van der Waals surface area contributed by atoms with Crippen LogP contribution in [0.1, 0.15) is 92.5 Å². The summed E-state index contributed by atoms with van der Waals surface area (Å²) in [6.07, 6.45) is 12.1. The normalized spacial score (nSPS) is 25.8. The Morgan fingerprint density at radius 2 is 1.79 bits per heavy atom. The Kier molecular flexibility index (Phi) is 8.42.